The van der Waals surface area contributed by atoms with E-state index in [2.05, 4.69) is 5.32 Å². The summed E-state index contributed by atoms with van der Waals surface area (Å²) >= 11 is 0. The lowest BCUT2D eigenvalue weighted by molar-refractivity contribution is -0.148. The lowest BCUT2D eigenvalue weighted by Gasteiger charge is -2.37. The summed E-state index contributed by atoms with van der Waals surface area (Å²) in [7, 11) is 1.28. The molecule has 0 aromatic heterocycles. The summed E-state index contributed by atoms with van der Waals surface area (Å²) in [5.41, 5.74) is 0.232. The molecule has 1 aliphatic rings. The molecule has 1 heterocycles. The number of hydrogen-bond donors (Lipinski definition) is 1. The minimum Gasteiger partial charge on any atom is -0.469 e. The van der Waals surface area contributed by atoms with Crippen LogP contribution in [-0.2, 0) is 25.6 Å². The highest BCUT2D eigenvalue weighted by Gasteiger charge is 2.39. The predicted molar refractivity (Wildman–Crippen MR) is 101 cm³/mol. The summed E-state index contributed by atoms with van der Waals surface area (Å²) in [5, 5.41) is 2.72. The molecule has 28 heavy (non-hydrogen) atoms. The van der Waals surface area contributed by atoms with Crippen LogP contribution in [0.4, 0.5) is 9.59 Å². The van der Waals surface area contributed by atoms with Gasteiger partial charge in [0.25, 0.3) is 0 Å². The van der Waals surface area contributed by atoms with Crippen molar-refractivity contribution in [1.82, 2.24) is 10.2 Å². The van der Waals surface area contributed by atoms with Gasteiger partial charge in [-0.25, -0.2) is 9.59 Å². The van der Waals surface area contributed by atoms with Crippen LogP contribution in [0.15, 0.2) is 30.3 Å². The van der Waals surface area contributed by atoms with Gasteiger partial charge in [0.15, 0.2) is 0 Å². The fraction of sp³-hybridized carbons (Fsp3) is 0.550. The maximum Gasteiger partial charge on any atom is 0.410 e. The van der Waals surface area contributed by atoms with Crippen molar-refractivity contribution in [3.8, 4) is 0 Å². The number of carbonyl (C=O) groups is 3. The van der Waals surface area contributed by atoms with Gasteiger partial charge in [0.2, 0.25) is 0 Å². The molecule has 154 valence electrons. The van der Waals surface area contributed by atoms with Crippen LogP contribution < -0.4 is 5.32 Å². The van der Waals surface area contributed by atoms with E-state index in [0.717, 1.165) is 5.56 Å². The van der Waals surface area contributed by atoms with Gasteiger partial charge in [0.1, 0.15) is 12.2 Å². The molecule has 0 aliphatic carbocycles. The third-order valence-electron chi connectivity index (χ3n) is 4.28. The van der Waals surface area contributed by atoms with E-state index < -0.39 is 35.7 Å². The van der Waals surface area contributed by atoms with Crippen molar-refractivity contribution < 1.29 is 28.6 Å². The maximum atomic E-state index is 12.3. The number of ether oxygens (including phenoxy) is 3. The van der Waals surface area contributed by atoms with E-state index in [1.807, 2.05) is 30.3 Å². The fourth-order valence-electron chi connectivity index (χ4n) is 2.92. The third kappa shape index (κ3) is 6.44. The van der Waals surface area contributed by atoms with Crippen LogP contribution in [0.25, 0.3) is 0 Å². The van der Waals surface area contributed by atoms with Gasteiger partial charge in [-0.1, -0.05) is 30.3 Å². The molecular formula is C20H28N2O6. The Morgan fingerprint density at radius 1 is 1.18 bits per heavy atom. The molecule has 2 rings (SSSR count). The smallest absolute Gasteiger partial charge is 0.410 e. The van der Waals surface area contributed by atoms with E-state index in [0.29, 0.717) is 13.0 Å². The Morgan fingerprint density at radius 2 is 1.86 bits per heavy atom. The molecule has 0 unspecified atom stereocenters. The van der Waals surface area contributed by atoms with Crippen molar-refractivity contribution in [1.29, 1.82) is 0 Å². The van der Waals surface area contributed by atoms with Crippen molar-refractivity contribution in [3.05, 3.63) is 35.9 Å². The second kappa shape index (κ2) is 9.43. The molecule has 1 aromatic rings. The molecule has 8 heteroatoms. The number of amides is 2. The van der Waals surface area contributed by atoms with Gasteiger partial charge in [-0.3, -0.25) is 4.79 Å². The molecule has 0 spiro atoms. The van der Waals surface area contributed by atoms with Crippen LogP contribution in [0.5, 0.6) is 0 Å². The zero-order valence-corrected chi connectivity index (χ0v) is 16.8. The Bertz CT molecular complexity index is 686. The number of hydrogen-bond acceptors (Lipinski definition) is 6. The highest BCUT2D eigenvalue weighted by atomic mass is 16.6. The first kappa shape index (κ1) is 21.5. The lowest BCUT2D eigenvalue weighted by atomic mass is 9.92. The number of benzene rings is 1. The summed E-state index contributed by atoms with van der Waals surface area (Å²) in [6.07, 6.45) is -0.723. The van der Waals surface area contributed by atoms with Crippen LogP contribution in [0.2, 0.25) is 0 Å². The summed E-state index contributed by atoms with van der Waals surface area (Å²) in [4.78, 5) is 38.1. The van der Waals surface area contributed by atoms with E-state index >= 15 is 0 Å². The van der Waals surface area contributed by atoms with Crippen LogP contribution in [0.1, 0.15) is 32.8 Å². The van der Waals surface area contributed by atoms with Crippen LogP contribution in [-0.4, -0.2) is 54.9 Å². The van der Waals surface area contributed by atoms with Gasteiger partial charge in [-0.05, 0) is 32.8 Å². The van der Waals surface area contributed by atoms with Gasteiger partial charge < -0.3 is 24.4 Å². The molecule has 0 bridgehead atoms. The molecule has 2 amide bonds. The van der Waals surface area contributed by atoms with Crippen LogP contribution in [0.3, 0.4) is 0 Å². The summed E-state index contributed by atoms with van der Waals surface area (Å²) in [6, 6.07) is 8.80. The molecular weight excluding hydrogens is 364 g/mol. The summed E-state index contributed by atoms with van der Waals surface area (Å²) < 4.78 is 15.4. The van der Waals surface area contributed by atoms with Gasteiger partial charge in [0.05, 0.1) is 13.0 Å². The quantitative estimate of drug-likeness (QED) is 0.625. The normalized spacial score (nSPS) is 19.5. The van der Waals surface area contributed by atoms with Gasteiger partial charge in [-0.15, -0.1) is 0 Å². The van der Waals surface area contributed by atoms with Crippen molar-refractivity contribution in [2.24, 2.45) is 5.92 Å². The molecule has 2 atom stereocenters. The number of esters is 1. The number of nitrogens with zero attached hydrogens (tertiary/aromatic N) is 1. The van der Waals surface area contributed by atoms with E-state index in [9.17, 15) is 14.4 Å². The van der Waals surface area contributed by atoms with E-state index in [1.54, 1.807) is 20.8 Å². The second-order valence-corrected chi connectivity index (χ2v) is 7.66. The van der Waals surface area contributed by atoms with Gasteiger partial charge >= 0.3 is 18.2 Å². The van der Waals surface area contributed by atoms with Crippen molar-refractivity contribution >= 4 is 18.2 Å². The number of methoxy groups -OCH3 is 1. The van der Waals surface area contributed by atoms with Crippen LogP contribution in [0, 0.1) is 5.92 Å². The van der Waals surface area contributed by atoms with Crippen LogP contribution >= 0.6 is 0 Å². The third-order valence-corrected chi connectivity index (χ3v) is 4.28. The van der Waals surface area contributed by atoms with E-state index in [1.165, 1.54) is 12.0 Å². The first-order valence-electron chi connectivity index (χ1n) is 9.22. The first-order chi connectivity index (χ1) is 13.2. The second-order valence-electron chi connectivity index (χ2n) is 7.66. The largest absolute Gasteiger partial charge is 0.469 e. The van der Waals surface area contributed by atoms with Crippen molar-refractivity contribution in [2.45, 2.75) is 45.4 Å². The molecule has 8 nitrogen and oxygen atoms in total. The monoisotopic (exact) mass is 392 g/mol. The number of alkyl carbamates (subject to hydrolysis) is 1. The molecule has 1 N–H and O–H groups in total. The fourth-order valence-corrected chi connectivity index (χ4v) is 2.92. The number of rotatable bonds is 4. The summed E-state index contributed by atoms with van der Waals surface area (Å²) in [6.45, 7) is 5.92. The number of likely N-dealkylation sites (tertiary alicyclic amines) is 1. The zero-order valence-electron chi connectivity index (χ0n) is 16.8. The Morgan fingerprint density at radius 3 is 2.46 bits per heavy atom. The first-order valence-corrected chi connectivity index (χ1v) is 9.22. The maximum absolute atomic E-state index is 12.3. The van der Waals surface area contributed by atoms with E-state index in [4.69, 9.17) is 14.2 Å². The van der Waals surface area contributed by atoms with E-state index in [-0.39, 0.29) is 13.2 Å². The molecule has 0 saturated carbocycles. The van der Waals surface area contributed by atoms with Crippen molar-refractivity contribution in [3.63, 3.8) is 0 Å². The Hall–Kier alpha value is -2.77. The molecule has 1 aromatic carbocycles. The summed E-state index contributed by atoms with van der Waals surface area (Å²) in [5.74, 6) is -1.20. The SMILES string of the molecule is COC(=O)[C@@H]1CN(C(=O)OC(C)(C)C)CC[C@H]1NC(=O)OCc1ccccc1. The minimum absolute atomic E-state index is 0.102. The molecule has 1 fully saturated rings. The van der Waals surface area contributed by atoms with Crippen molar-refractivity contribution in [2.75, 3.05) is 20.2 Å². The highest BCUT2D eigenvalue weighted by molar-refractivity contribution is 5.77. The zero-order chi connectivity index (χ0) is 20.7. The molecule has 0 radical (unpaired) electrons. The number of carbonyl (C=O) groups excluding carboxylic acids is 3. The standard InChI is InChI=1S/C20H28N2O6/c1-20(2,3)28-19(25)22-11-10-16(15(12-22)17(23)26-4)21-18(24)27-13-14-8-6-5-7-9-14/h5-9,15-16H,10-13H2,1-4H3,(H,21,24)/t15-,16-/m1/s1. The topological polar surface area (TPSA) is 94.2 Å². The Kier molecular flexibility index (Phi) is 7.25. The predicted octanol–water partition coefficient (Wildman–Crippen LogP) is 2.71. The van der Waals surface area contributed by atoms with Gasteiger partial charge in [-0.2, -0.15) is 0 Å². The Balaban J connectivity index is 1.95. The van der Waals surface area contributed by atoms with Gasteiger partial charge in [0, 0.05) is 19.1 Å². The lowest BCUT2D eigenvalue weighted by Crippen LogP contribution is -2.55. The minimum atomic E-state index is -0.699. The highest BCUT2D eigenvalue weighted by Crippen LogP contribution is 2.21. The molecule has 1 aliphatic heterocycles. The molecule has 1 saturated heterocycles. The Labute approximate surface area is 165 Å². The number of piperidine rings is 1. The average Bonchev–Trinajstić information content (AvgIpc) is 2.65. The number of nitrogens with one attached hydrogen (secondary N) is 1. The average molecular weight is 392 g/mol.